The van der Waals surface area contributed by atoms with Gasteiger partial charge in [0.1, 0.15) is 11.3 Å². The van der Waals surface area contributed by atoms with E-state index in [1.807, 2.05) is 0 Å². The van der Waals surface area contributed by atoms with Crippen LogP contribution in [0.25, 0.3) is 44.5 Å². The zero-order valence-corrected chi connectivity index (χ0v) is 26.4. The summed E-state index contributed by atoms with van der Waals surface area (Å²) < 4.78 is 9.13. The highest BCUT2D eigenvalue weighted by Gasteiger charge is 2.47. The van der Waals surface area contributed by atoms with E-state index in [0.29, 0.717) is 0 Å². The number of rotatable bonds is 3. The van der Waals surface area contributed by atoms with Gasteiger partial charge in [0.2, 0.25) is 0 Å². The molecule has 0 fully saturated rings. The van der Waals surface area contributed by atoms with Crippen molar-refractivity contribution in [1.82, 2.24) is 4.57 Å². The van der Waals surface area contributed by atoms with E-state index in [4.69, 9.17) is 10.2 Å². The first-order chi connectivity index (χ1) is 23.1. The Morgan fingerprint density at radius 1 is 0.809 bits per heavy atom. The van der Waals surface area contributed by atoms with Crippen molar-refractivity contribution in [3.63, 3.8) is 0 Å². The number of hydrogen-bond donors (Lipinski definition) is 1. The topological polar surface area (TPSA) is 47.3 Å². The number of anilines is 1. The van der Waals surface area contributed by atoms with Gasteiger partial charge in [-0.25, -0.2) is 0 Å². The van der Waals surface area contributed by atoms with E-state index in [1.54, 1.807) is 0 Å². The van der Waals surface area contributed by atoms with Crippen LogP contribution in [0.4, 0.5) is 5.69 Å². The van der Waals surface area contributed by atoms with Gasteiger partial charge in [0.15, 0.2) is 0 Å². The van der Waals surface area contributed by atoms with Crippen LogP contribution in [0.15, 0.2) is 143 Å². The molecular weight excluding hydrogens is 574 g/mol. The summed E-state index contributed by atoms with van der Waals surface area (Å²) in [6.07, 6.45) is 15.0. The fraction of sp³-hybridized carbons (Fsp3) is 0.163. The Bertz CT molecular complexity index is 2400. The molecule has 4 heteroatoms. The van der Waals surface area contributed by atoms with Crippen LogP contribution in [-0.4, -0.2) is 10.6 Å². The molecule has 3 heterocycles. The van der Waals surface area contributed by atoms with E-state index in [9.17, 15) is 0 Å². The fourth-order valence-electron chi connectivity index (χ4n) is 8.82. The summed E-state index contributed by atoms with van der Waals surface area (Å²) in [5.41, 5.74) is 21.1. The van der Waals surface area contributed by atoms with Crippen LogP contribution in [0, 0.1) is 0 Å². The molecule has 0 radical (unpaired) electrons. The molecule has 0 saturated carbocycles. The van der Waals surface area contributed by atoms with Crippen LogP contribution in [0.1, 0.15) is 42.1 Å². The number of aryl methyl sites for hydroxylation is 1. The lowest BCUT2D eigenvalue weighted by Crippen LogP contribution is -2.41. The second kappa shape index (κ2) is 9.76. The molecule has 228 valence electrons. The number of allylic oxidation sites excluding steroid dienone is 5. The summed E-state index contributed by atoms with van der Waals surface area (Å²) in [6, 6.07) is 35.4. The van der Waals surface area contributed by atoms with Crippen LogP contribution in [0.5, 0.6) is 0 Å². The smallest absolute Gasteiger partial charge is 0.141 e. The molecule has 4 aliphatic rings. The van der Waals surface area contributed by atoms with Gasteiger partial charge in [0.25, 0.3) is 0 Å². The molecule has 2 unspecified atom stereocenters. The molecule has 0 amide bonds. The van der Waals surface area contributed by atoms with Crippen molar-refractivity contribution in [1.29, 1.82) is 0 Å². The first-order valence-electron chi connectivity index (χ1n) is 16.8. The first-order valence-corrected chi connectivity index (χ1v) is 16.8. The Hall–Kier alpha value is -5.48. The Kier molecular flexibility index (Phi) is 5.55. The summed E-state index contributed by atoms with van der Waals surface area (Å²) in [7, 11) is 0. The maximum absolute atomic E-state index is 6.65. The van der Waals surface area contributed by atoms with Crippen LogP contribution in [0.2, 0.25) is 0 Å². The predicted octanol–water partition coefficient (Wildman–Crippen LogP) is 9.76. The van der Waals surface area contributed by atoms with E-state index in [1.165, 1.54) is 66.9 Å². The van der Waals surface area contributed by atoms with Gasteiger partial charge in [-0.1, -0.05) is 91.0 Å². The standard InChI is InChI=1S/C43H35N3O/c1-43-24-10-9-17-40(43)46(35-15-7-6-14-34(35)43)38-26-28(44)19-21-30(38)27-18-20-33-37(25-27)45(29-11-3-2-4-12-29)36-23-22-32-31-13-5-8-16-39(31)47-42(32)41(33)36/h2-18,20,24-26,40H,19,21-23,44H2,1H3. The molecule has 1 aliphatic heterocycles. The van der Waals surface area contributed by atoms with E-state index in [2.05, 4.69) is 144 Å². The average Bonchev–Trinajstić information content (AvgIpc) is 3.74. The number of benzene rings is 4. The quantitative estimate of drug-likeness (QED) is 0.217. The number of aromatic nitrogens is 1. The number of hydrogen-bond acceptors (Lipinski definition) is 3. The van der Waals surface area contributed by atoms with Gasteiger partial charge in [0, 0.05) is 55.8 Å². The Labute approximate surface area is 274 Å². The summed E-state index contributed by atoms with van der Waals surface area (Å²) in [6.45, 7) is 2.36. The monoisotopic (exact) mass is 609 g/mol. The van der Waals surface area contributed by atoms with Crippen molar-refractivity contribution >= 4 is 33.1 Å². The Morgan fingerprint density at radius 3 is 2.55 bits per heavy atom. The molecule has 2 atom stereocenters. The number of nitrogens with zero attached hydrogens (tertiary/aromatic N) is 2. The zero-order chi connectivity index (χ0) is 31.3. The second-order valence-electron chi connectivity index (χ2n) is 13.6. The van der Waals surface area contributed by atoms with Crippen molar-refractivity contribution in [2.75, 3.05) is 4.90 Å². The minimum absolute atomic E-state index is 0.112. The van der Waals surface area contributed by atoms with Crippen molar-refractivity contribution in [2.24, 2.45) is 5.73 Å². The minimum atomic E-state index is -0.112. The summed E-state index contributed by atoms with van der Waals surface area (Å²) in [4.78, 5) is 2.54. The largest absolute Gasteiger partial charge is 0.456 e. The highest BCUT2D eigenvalue weighted by Crippen LogP contribution is 2.52. The zero-order valence-electron chi connectivity index (χ0n) is 26.4. The van der Waals surface area contributed by atoms with Crippen LogP contribution in [0.3, 0.4) is 0 Å². The number of fused-ring (bicyclic) bond motifs is 10. The van der Waals surface area contributed by atoms with Gasteiger partial charge < -0.3 is 19.6 Å². The van der Waals surface area contributed by atoms with Gasteiger partial charge in [-0.15, -0.1) is 0 Å². The highest BCUT2D eigenvalue weighted by molar-refractivity contribution is 6.03. The van der Waals surface area contributed by atoms with Gasteiger partial charge in [-0.2, -0.15) is 0 Å². The van der Waals surface area contributed by atoms with Gasteiger partial charge in [0.05, 0.1) is 11.6 Å². The van der Waals surface area contributed by atoms with Gasteiger partial charge in [-0.3, -0.25) is 0 Å². The molecule has 0 saturated heterocycles. The third kappa shape index (κ3) is 3.70. The van der Waals surface area contributed by atoms with E-state index >= 15 is 0 Å². The fourth-order valence-corrected chi connectivity index (χ4v) is 8.82. The number of para-hydroxylation sites is 3. The minimum Gasteiger partial charge on any atom is -0.456 e. The molecule has 4 aromatic carbocycles. The van der Waals surface area contributed by atoms with E-state index < -0.39 is 0 Å². The normalized spacial score (nSPS) is 21.2. The maximum atomic E-state index is 6.65. The molecule has 47 heavy (non-hydrogen) atoms. The highest BCUT2D eigenvalue weighted by atomic mass is 16.3. The van der Waals surface area contributed by atoms with Gasteiger partial charge >= 0.3 is 0 Å². The summed E-state index contributed by atoms with van der Waals surface area (Å²) >= 11 is 0. The molecule has 0 spiro atoms. The summed E-state index contributed by atoms with van der Waals surface area (Å²) in [5, 5.41) is 2.47. The van der Waals surface area contributed by atoms with Crippen LogP contribution >= 0.6 is 0 Å². The van der Waals surface area contributed by atoms with E-state index in [0.717, 1.165) is 42.7 Å². The van der Waals surface area contributed by atoms with Crippen LogP contribution in [-0.2, 0) is 18.3 Å². The lowest BCUT2D eigenvalue weighted by Gasteiger charge is -2.37. The molecule has 3 aliphatic carbocycles. The molecule has 2 N–H and O–H groups in total. The van der Waals surface area contributed by atoms with Crippen molar-refractivity contribution in [3.05, 3.63) is 161 Å². The molecule has 10 rings (SSSR count). The predicted molar refractivity (Wildman–Crippen MR) is 193 cm³/mol. The molecule has 0 bridgehead atoms. The third-order valence-corrected chi connectivity index (χ3v) is 11.0. The molecular formula is C43H35N3O. The second-order valence-corrected chi connectivity index (χ2v) is 13.6. The SMILES string of the molecule is CC12C=CC=CC1N(C1=C(c3ccc4c5c(n(-c6ccccc6)c4c3)CCc3c-5oc4ccccc34)CCC(N)=C1)c1ccccc12. The Morgan fingerprint density at radius 2 is 1.64 bits per heavy atom. The first kappa shape index (κ1) is 26.7. The number of furan rings is 1. The van der Waals surface area contributed by atoms with Gasteiger partial charge in [-0.05, 0) is 85.7 Å². The molecule has 6 aromatic rings. The number of nitrogens with two attached hydrogens (primary N) is 1. The molecule has 4 nitrogen and oxygen atoms in total. The van der Waals surface area contributed by atoms with Crippen molar-refractivity contribution in [2.45, 2.75) is 44.1 Å². The van der Waals surface area contributed by atoms with Crippen molar-refractivity contribution in [3.8, 4) is 17.0 Å². The lowest BCUT2D eigenvalue weighted by atomic mass is 9.76. The lowest BCUT2D eigenvalue weighted by molar-refractivity contribution is 0.544. The van der Waals surface area contributed by atoms with E-state index in [-0.39, 0.29) is 11.5 Å². The van der Waals surface area contributed by atoms with Crippen LogP contribution < -0.4 is 10.6 Å². The average molecular weight is 610 g/mol. The van der Waals surface area contributed by atoms with Crippen molar-refractivity contribution < 1.29 is 4.42 Å². The summed E-state index contributed by atoms with van der Waals surface area (Å²) in [5.74, 6) is 1.03. The Balaban J connectivity index is 1.22. The molecule has 2 aromatic heterocycles. The third-order valence-electron chi connectivity index (χ3n) is 11.0. The maximum Gasteiger partial charge on any atom is 0.141 e.